The molecule has 0 spiro atoms. The van der Waals surface area contributed by atoms with Crippen molar-refractivity contribution in [2.24, 2.45) is 17.8 Å². The third-order valence-corrected chi connectivity index (χ3v) is 4.68. The molecule has 2 aliphatic rings. The van der Waals surface area contributed by atoms with Crippen LogP contribution in [0.15, 0.2) is 11.8 Å². The van der Waals surface area contributed by atoms with E-state index < -0.39 is 24.6 Å². The molecular formula is C16H25NO7. The number of nitrogens with one attached hydrogen (secondary N) is 1. The van der Waals surface area contributed by atoms with Gasteiger partial charge in [-0.2, -0.15) is 0 Å². The van der Waals surface area contributed by atoms with Crippen LogP contribution in [-0.2, 0) is 28.5 Å². The van der Waals surface area contributed by atoms with E-state index in [-0.39, 0.29) is 24.3 Å². The Morgan fingerprint density at radius 2 is 2.00 bits per heavy atom. The molecule has 8 nitrogen and oxygen atoms in total. The van der Waals surface area contributed by atoms with Gasteiger partial charge >= 0.3 is 12.1 Å². The fraction of sp³-hybridized carbons (Fsp3) is 0.750. The number of hydrogen-bond donors (Lipinski definition) is 1. The van der Waals surface area contributed by atoms with Gasteiger partial charge in [-0.3, -0.25) is 0 Å². The zero-order valence-electron chi connectivity index (χ0n) is 14.4. The van der Waals surface area contributed by atoms with Gasteiger partial charge in [0.1, 0.15) is 0 Å². The predicted molar refractivity (Wildman–Crippen MR) is 82.6 cm³/mol. The van der Waals surface area contributed by atoms with Crippen LogP contribution in [0.4, 0.5) is 4.79 Å². The van der Waals surface area contributed by atoms with Gasteiger partial charge < -0.3 is 29.0 Å². The van der Waals surface area contributed by atoms with Gasteiger partial charge in [0.05, 0.1) is 25.5 Å². The number of esters is 1. The first kappa shape index (κ1) is 18.5. The molecule has 0 bridgehead atoms. The molecule has 0 saturated heterocycles. The Kier molecular flexibility index (Phi) is 6.44. The van der Waals surface area contributed by atoms with Gasteiger partial charge in [0.2, 0.25) is 6.29 Å². The lowest BCUT2D eigenvalue weighted by atomic mass is 9.83. The number of carbonyl (C=O) groups excluding carboxylic acids is 2. The Morgan fingerprint density at radius 3 is 2.62 bits per heavy atom. The van der Waals surface area contributed by atoms with Crippen molar-refractivity contribution in [3.8, 4) is 0 Å². The zero-order valence-corrected chi connectivity index (χ0v) is 14.4. The highest BCUT2D eigenvalue weighted by Crippen LogP contribution is 2.46. The number of hydrogen-bond acceptors (Lipinski definition) is 7. The van der Waals surface area contributed by atoms with Crippen LogP contribution >= 0.6 is 0 Å². The highest BCUT2D eigenvalue weighted by molar-refractivity contribution is 5.89. The van der Waals surface area contributed by atoms with Crippen LogP contribution in [0.3, 0.4) is 0 Å². The van der Waals surface area contributed by atoms with Crippen molar-refractivity contribution in [2.45, 2.75) is 32.3 Å². The van der Waals surface area contributed by atoms with Crippen LogP contribution in [0.5, 0.6) is 0 Å². The monoisotopic (exact) mass is 343 g/mol. The summed E-state index contributed by atoms with van der Waals surface area (Å²) in [4.78, 5) is 23.8. The molecule has 1 fully saturated rings. The first-order valence-corrected chi connectivity index (χ1v) is 7.95. The molecule has 1 N–H and O–H groups in total. The fourth-order valence-electron chi connectivity index (χ4n) is 3.36. The molecule has 1 aliphatic carbocycles. The van der Waals surface area contributed by atoms with Crippen molar-refractivity contribution in [3.63, 3.8) is 0 Å². The number of fused-ring (bicyclic) bond motifs is 1. The van der Waals surface area contributed by atoms with Crippen LogP contribution in [-0.4, -0.2) is 52.5 Å². The highest BCUT2D eigenvalue weighted by Gasteiger charge is 2.48. The topological polar surface area (TPSA) is 92.3 Å². The maximum Gasteiger partial charge on any atom is 0.410 e. The van der Waals surface area contributed by atoms with E-state index in [1.165, 1.54) is 27.6 Å². The van der Waals surface area contributed by atoms with Gasteiger partial charge in [-0.05, 0) is 18.8 Å². The van der Waals surface area contributed by atoms with Crippen molar-refractivity contribution in [1.29, 1.82) is 0 Å². The summed E-state index contributed by atoms with van der Waals surface area (Å²) in [6, 6.07) is 0. The molecular weight excluding hydrogens is 318 g/mol. The van der Waals surface area contributed by atoms with E-state index in [2.05, 4.69) is 12.2 Å². The average molecular weight is 343 g/mol. The molecule has 1 saturated carbocycles. The van der Waals surface area contributed by atoms with Gasteiger partial charge in [-0.15, -0.1) is 0 Å². The summed E-state index contributed by atoms with van der Waals surface area (Å²) in [5, 5.41) is 2.57. The Hall–Kier alpha value is -1.80. The Bertz CT molecular complexity index is 489. The van der Waals surface area contributed by atoms with Crippen molar-refractivity contribution in [2.75, 3.05) is 27.9 Å². The number of alkyl carbamates (subject to hydrolysis) is 1. The highest BCUT2D eigenvalue weighted by atomic mass is 16.7. The van der Waals surface area contributed by atoms with Crippen LogP contribution in [0, 0.1) is 17.8 Å². The predicted octanol–water partition coefficient (Wildman–Crippen LogP) is 1.41. The molecule has 8 heteroatoms. The van der Waals surface area contributed by atoms with Crippen LogP contribution in [0.2, 0.25) is 0 Å². The summed E-state index contributed by atoms with van der Waals surface area (Å²) in [6.07, 6.45) is 1.23. The van der Waals surface area contributed by atoms with E-state index in [0.717, 1.165) is 12.8 Å². The summed E-state index contributed by atoms with van der Waals surface area (Å²) in [5.41, 5.74) is 0.505. The SMILES string of the molecule is COC(=O)C1=COC(OC(=O)NCC(OC)OC)C2C(C)CCC12. The standard InChI is InChI=1S/C16H25NO7/c1-9-5-6-10-11(14(18)22-4)8-23-15(13(9)10)24-16(19)17-7-12(20-2)21-3/h8-10,12-13,15H,5-7H2,1-4H3,(H,17,19). The molecule has 1 heterocycles. The molecule has 0 aromatic heterocycles. The second-order valence-electron chi connectivity index (χ2n) is 5.99. The van der Waals surface area contributed by atoms with Crippen LogP contribution in [0.1, 0.15) is 19.8 Å². The van der Waals surface area contributed by atoms with Crippen molar-refractivity contribution in [3.05, 3.63) is 11.8 Å². The second kappa shape index (κ2) is 8.34. The van der Waals surface area contributed by atoms with E-state index in [0.29, 0.717) is 5.57 Å². The zero-order chi connectivity index (χ0) is 17.7. The third-order valence-electron chi connectivity index (χ3n) is 4.68. The fourth-order valence-corrected chi connectivity index (χ4v) is 3.36. The van der Waals surface area contributed by atoms with Crippen molar-refractivity contribution in [1.82, 2.24) is 5.32 Å². The lowest BCUT2D eigenvalue weighted by molar-refractivity contribution is -0.145. The first-order chi connectivity index (χ1) is 11.5. The van der Waals surface area contributed by atoms with Gasteiger partial charge in [-0.25, -0.2) is 9.59 Å². The Labute approximate surface area is 141 Å². The molecule has 4 unspecified atom stereocenters. The smallest absolute Gasteiger partial charge is 0.410 e. The Morgan fingerprint density at radius 1 is 1.29 bits per heavy atom. The lowest BCUT2D eigenvalue weighted by Gasteiger charge is -2.34. The van der Waals surface area contributed by atoms with Crippen molar-refractivity contribution >= 4 is 12.1 Å². The summed E-state index contributed by atoms with van der Waals surface area (Å²) in [7, 11) is 4.30. The number of ether oxygens (including phenoxy) is 5. The molecule has 0 aromatic rings. The summed E-state index contributed by atoms with van der Waals surface area (Å²) < 4.78 is 25.7. The molecule has 24 heavy (non-hydrogen) atoms. The van der Waals surface area contributed by atoms with Gasteiger partial charge in [0.25, 0.3) is 0 Å². The minimum Gasteiger partial charge on any atom is -0.466 e. The number of carbonyl (C=O) groups is 2. The second-order valence-corrected chi connectivity index (χ2v) is 5.99. The summed E-state index contributed by atoms with van der Waals surface area (Å²) in [5.74, 6) is -0.225. The number of amides is 1. The van der Waals surface area contributed by atoms with E-state index in [4.69, 9.17) is 23.7 Å². The minimum atomic E-state index is -0.732. The molecule has 0 aromatic carbocycles. The summed E-state index contributed by atoms with van der Waals surface area (Å²) >= 11 is 0. The van der Waals surface area contributed by atoms with E-state index in [9.17, 15) is 9.59 Å². The number of methoxy groups -OCH3 is 3. The van der Waals surface area contributed by atoms with Gasteiger partial charge in [-0.1, -0.05) is 6.92 Å². The maximum absolute atomic E-state index is 12.0. The first-order valence-electron chi connectivity index (χ1n) is 7.95. The molecule has 4 atom stereocenters. The normalized spacial score (nSPS) is 28.6. The average Bonchev–Trinajstić information content (AvgIpc) is 2.98. The van der Waals surface area contributed by atoms with E-state index >= 15 is 0 Å². The minimum absolute atomic E-state index is 0.0234. The van der Waals surface area contributed by atoms with Crippen molar-refractivity contribution < 1.29 is 33.3 Å². The molecule has 2 rings (SSSR count). The Balaban J connectivity index is 1.99. The largest absolute Gasteiger partial charge is 0.466 e. The van der Waals surface area contributed by atoms with E-state index in [1.807, 2.05) is 0 Å². The molecule has 1 amide bonds. The lowest BCUT2D eigenvalue weighted by Crippen LogP contribution is -2.42. The molecule has 136 valence electrons. The van der Waals surface area contributed by atoms with Crippen LogP contribution in [0.25, 0.3) is 0 Å². The van der Waals surface area contributed by atoms with E-state index in [1.54, 1.807) is 0 Å². The third kappa shape index (κ3) is 3.99. The maximum atomic E-state index is 12.0. The summed E-state index contributed by atoms with van der Waals surface area (Å²) in [6.45, 7) is 2.22. The molecule has 0 radical (unpaired) electrons. The van der Waals surface area contributed by atoms with Crippen LogP contribution < -0.4 is 5.32 Å². The van der Waals surface area contributed by atoms with Gasteiger partial charge in [0.15, 0.2) is 6.29 Å². The number of rotatable bonds is 6. The molecule has 1 aliphatic heterocycles. The quantitative estimate of drug-likeness (QED) is 0.576. The van der Waals surface area contributed by atoms with Gasteiger partial charge in [0, 0.05) is 26.1 Å².